The van der Waals surface area contributed by atoms with Crippen molar-refractivity contribution in [3.63, 3.8) is 0 Å². The summed E-state index contributed by atoms with van der Waals surface area (Å²) in [6.07, 6.45) is 0. The van der Waals surface area contributed by atoms with Crippen molar-refractivity contribution >= 4 is 38.3 Å². The lowest BCUT2D eigenvalue weighted by molar-refractivity contribution is -0.119. The second-order valence-corrected chi connectivity index (χ2v) is 6.11. The number of benzene rings is 2. The van der Waals surface area contributed by atoms with Gasteiger partial charge in [-0.25, -0.2) is 14.8 Å². The molecule has 0 radical (unpaired) electrons. The van der Waals surface area contributed by atoms with Gasteiger partial charge in [-0.3, -0.25) is 4.79 Å². The molecule has 2 N–H and O–H groups in total. The van der Waals surface area contributed by atoms with Crippen LogP contribution in [0.4, 0.5) is 9.52 Å². The van der Waals surface area contributed by atoms with E-state index in [1.807, 2.05) is 24.3 Å². The number of carbonyl (C=O) groups excluding carboxylic acids is 1. The zero-order chi connectivity index (χ0) is 16.9. The first kappa shape index (κ1) is 16.1. The van der Waals surface area contributed by atoms with Crippen LogP contribution in [0.5, 0.6) is 0 Å². The summed E-state index contributed by atoms with van der Waals surface area (Å²) in [6.45, 7) is 1.81. The molecule has 0 aliphatic carbocycles. The Morgan fingerprint density at radius 2 is 1.96 bits per heavy atom. The monoisotopic (exact) mass is 342 g/mol. The van der Waals surface area contributed by atoms with Crippen LogP contribution in [0, 0.1) is 5.82 Å². The predicted molar refractivity (Wildman–Crippen MR) is 94.9 cm³/mol. The van der Waals surface area contributed by atoms with Crippen molar-refractivity contribution in [3.8, 4) is 0 Å². The normalized spacial score (nSPS) is 11.5. The van der Waals surface area contributed by atoms with E-state index in [2.05, 4.69) is 20.8 Å². The van der Waals surface area contributed by atoms with Crippen LogP contribution >= 0.6 is 11.3 Å². The molecule has 1 amide bonds. The number of anilines is 1. The Hall–Kier alpha value is -2.80. The quantitative estimate of drug-likeness (QED) is 0.552. The summed E-state index contributed by atoms with van der Waals surface area (Å²) < 4.78 is 13.9. The first-order valence-electron chi connectivity index (χ1n) is 7.30. The number of aromatic nitrogens is 1. The lowest BCUT2D eigenvalue weighted by Crippen LogP contribution is -2.26. The van der Waals surface area contributed by atoms with E-state index in [1.165, 1.54) is 23.5 Å². The molecular formula is C17H15FN4OS. The highest BCUT2D eigenvalue weighted by Gasteiger charge is 2.05. The smallest absolute Gasteiger partial charge is 0.259 e. The molecule has 0 bridgehead atoms. The van der Waals surface area contributed by atoms with Gasteiger partial charge in [0.25, 0.3) is 5.91 Å². The molecule has 24 heavy (non-hydrogen) atoms. The van der Waals surface area contributed by atoms with Gasteiger partial charge in [-0.1, -0.05) is 35.6 Å². The minimum atomic E-state index is -0.310. The van der Waals surface area contributed by atoms with Crippen LogP contribution < -0.4 is 10.7 Å². The number of para-hydroxylation sites is 1. The summed E-state index contributed by atoms with van der Waals surface area (Å²) >= 11 is 1.49. The third kappa shape index (κ3) is 3.94. The second-order valence-electron chi connectivity index (χ2n) is 5.08. The molecule has 1 aromatic heterocycles. The Balaban J connectivity index is 1.55. The number of nitrogens with zero attached hydrogens (tertiary/aromatic N) is 2. The molecule has 0 aliphatic rings. The van der Waals surface area contributed by atoms with Gasteiger partial charge in [-0.2, -0.15) is 5.10 Å². The lowest BCUT2D eigenvalue weighted by atomic mass is 10.1. The Morgan fingerprint density at radius 3 is 2.71 bits per heavy atom. The number of halogens is 1. The highest BCUT2D eigenvalue weighted by Crippen LogP contribution is 2.24. The van der Waals surface area contributed by atoms with Gasteiger partial charge in [0.15, 0.2) is 5.13 Å². The van der Waals surface area contributed by atoms with Crippen molar-refractivity contribution in [2.75, 3.05) is 11.9 Å². The van der Waals surface area contributed by atoms with Gasteiger partial charge in [0.2, 0.25) is 0 Å². The standard InChI is InChI=1S/C17H15FN4OS/c1-11(12-6-8-13(18)9-7-12)21-22-16(23)10-19-17-20-14-4-2-3-5-15(14)24-17/h2-9H,10H2,1H3,(H,19,20)(H,22,23)/b21-11-. The first-order chi connectivity index (χ1) is 11.6. The predicted octanol–water partition coefficient (Wildman–Crippen LogP) is 3.39. The van der Waals surface area contributed by atoms with Crippen molar-refractivity contribution in [2.24, 2.45) is 5.10 Å². The summed E-state index contributed by atoms with van der Waals surface area (Å²) in [5, 5.41) is 7.68. The molecule has 0 saturated carbocycles. The number of rotatable bonds is 5. The fourth-order valence-electron chi connectivity index (χ4n) is 2.05. The number of carbonyl (C=O) groups is 1. The summed E-state index contributed by atoms with van der Waals surface area (Å²) in [4.78, 5) is 16.2. The van der Waals surface area contributed by atoms with Gasteiger partial charge in [0.05, 0.1) is 22.5 Å². The number of nitrogens with one attached hydrogen (secondary N) is 2. The van der Waals surface area contributed by atoms with E-state index < -0.39 is 0 Å². The Morgan fingerprint density at radius 1 is 1.21 bits per heavy atom. The molecule has 122 valence electrons. The number of amides is 1. The molecule has 0 aliphatic heterocycles. The van der Waals surface area contributed by atoms with Crippen molar-refractivity contribution in [2.45, 2.75) is 6.92 Å². The van der Waals surface area contributed by atoms with Crippen molar-refractivity contribution < 1.29 is 9.18 Å². The molecular weight excluding hydrogens is 327 g/mol. The molecule has 0 fully saturated rings. The molecule has 3 rings (SSSR count). The van der Waals surface area contributed by atoms with E-state index in [9.17, 15) is 9.18 Å². The molecule has 0 atom stereocenters. The van der Waals surface area contributed by atoms with Gasteiger partial charge in [-0.05, 0) is 36.8 Å². The maximum absolute atomic E-state index is 12.9. The number of hydrogen-bond acceptors (Lipinski definition) is 5. The first-order valence-corrected chi connectivity index (χ1v) is 8.12. The molecule has 0 saturated heterocycles. The maximum Gasteiger partial charge on any atom is 0.259 e. The fraction of sp³-hybridized carbons (Fsp3) is 0.118. The Kier molecular flexibility index (Phi) is 4.81. The van der Waals surface area contributed by atoms with E-state index in [4.69, 9.17) is 0 Å². The third-order valence-corrected chi connectivity index (χ3v) is 4.30. The van der Waals surface area contributed by atoms with Crippen LogP contribution in [0.2, 0.25) is 0 Å². The molecule has 7 heteroatoms. The van der Waals surface area contributed by atoms with E-state index in [1.54, 1.807) is 19.1 Å². The highest BCUT2D eigenvalue weighted by molar-refractivity contribution is 7.22. The molecule has 1 heterocycles. The van der Waals surface area contributed by atoms with Gasteiger partial charge in [0.1, 0.15) is 5.82 Å². The minimum Gasteiger partial charge on any atom is -0.352 e. The van der Waals surface area contributed by atoms with E-state index >= 15 is 0 Å². The summed E-state index contributed by atoms with van der Waals surface area (Å²) in [5.41, 5.74) is 4.71. The minimum absolute atomic E-state index is 0.0695. The Bertz CT molecular complexity index is 856. The van der Waals surface area contributed by atoms with Gasteiger partial charge >= 0.3 is 0 Å². The summed E-state index contributed by atoms with van der Waals surface area (Å²) in [7, 11) is 0. The van der Waals surface area contributed by atoms with Gasteiger partial charge in [-0.15, -0.1) is 0 Å². The van der Waals surface area contributed by atoms with Gasteiger partial charge < -0.3 is 5.32 Å². The molecule has 5 nitrogen and oxygen atoms in total. The third-order valence-electron chi connectivity index (χ3n) is 3.30. The molecule has 0 unspecified atom stereocenters. The second kappa shape index (κ2) is 7.18. The number of hydrogen-bond donors (Lipinski definition) is 2. The zero-order valence-electron chi connectivity index (χ0n) is 12.9. The lowest BCUT2D eigenvalue weighted by Gasteiger charge is -2.03. The molecule has 0 spiro atoms. The van der Waals surface area contributed by atoms with Crippen LogP contribution in [-0.4, -0.2) is 23.1 Å². The molecule has 3 aromatic rings. The van der Waals surface area contributed by atoms with Crippen LogP contribution in [0.3, 0.4) is 0 Å². The summed E-state index contributed by atoms with van der Waals surface area (Å²) in [6, 6.07) is 13.7. The van der Waals surface area contributed by atoms with Crippen LogP contribution in [-0.2, 0) is 4.79 Å². The highest BCUT2D eigenvalue weighted by atomic mass is 32.1. The number of hydrazone groups is 1. The van der Waals surface area contributed by atoms with Crippen LogP contribution in [0.15, 0.2) is 53.6 Å². The van der Waals surface area contributed by atoms with E-state index in [0.29, 0.717) is 10.8 Å². The Labute approximate surface area is 142 Å². The largest absolute Gasteiger partial charge is 0.352 e. The van der Waals surface area contributed by atoms with Gasteiger partial charge in [0, 0.05) is 0 Å². The zero-order valence-corrected chi connectivity index (χ0v) is 13.7. The number of thiazole rings is 1. The molecule has 2 aromatic carbocycles. The maximum atomic E-state index is 12.9. The van der Waals surface area contributed by atoms with Crippen molar-refractivity contribution in [1.82, 2.24) is 10.4 Å². The van der Waals surface area contributed by atoms with E-state index in [0.717, 1.165) is 15.8 Å². The average molecular weight is 342 g/mol. The van der Waals surface area contributed by atoms with E-state index in [-0.39, 0.29) is 18.3 Å². The summed E-state index contributed by atoms with van der Waals surface area (Å²) in [5.74, 6) is -0.591. The number of fused-ring (bicyclic) bond motifs is 1. The van der Waals surface area contributed by atoms with Crippen molar-refractivity contribution in [1.29, 1.82) is 0 Å². The van der Waals surface area contributed by atoms with Crippen LogP contribution in [0.25, 0.3) is 10.2 Å². The topological polar surface area (TPSA) is 66.4 Å². The SMILES string of the molecule is C/C(=N/NC(=O)CNc1nc2ccccc2s1)c1ccc(F)cc1. The average Bonchev–Trinajstić information content (AvgIpc) is 3.01. The fourth-order valence-corrected chi connectivity index (χ4v) is 2.91. The van der Waals surface area contributed by atoms with Crippen molar-refractivity contribution in [3.05, 3.63) is 59.9 Å². The van der Waals surface area contributed by atoms with Crippen LogP contribution in [0.1, 0.15) is 12.5 Å².